The molecular weight excluding hydrogens is 332 g/mol. The Morgan fingerprint density at radius 2 is 2.11 bits per heavy atom. The Morgan fingerprint density at radius 3 is 2.58 bits per heavy atom. The SMILES string of the molecule is CCCCC(CC)CNS(=O)(=O)c1c(Br)nnn1C. The maximum Gasteiger partial charge on any atom is 0.260 e. The Balaban J connectivity index is 2.70. The zero-order valence-corrected chi connectivity index (χ0v) is 14.0. The number of unbranched alkanes of at least 4 members (excludes halogenated alkanes) is 1. The summed E-state index contributed by atoms with van der Waals surface area (Å²) < 4.78 is 28.5. The lowest BCUT2D eigenvalue weighted by atomic mass is 10.00. The first-order valence-corrected chi connectivity index (χ1v) is 8.74. The highest BCUT2D eigenvalue weighted by Gasteiger charge is 2.24. The van der Waals surface area contributed by atoms with E-state index in [0.29, 0.717) is 12.5 Å². The van der Waals surface area contributed by atoms with Crippen LogP contribution in [-0.2, 0) is 17.1 Å². The van der Waals surface area contributed by atoms with Crippen molar-refractivity contribution in [1.29, 1.82) is 0 Å². The molecule has 1 rings (SSSR count). The largest absolute Gasteiger partial charge is 0.260 e. The number of rotatable bonds is 8. The molecular formula is C11H21BrN4O2S. The molecule has 1 aromatic heterocycles. The van der Waals surface area contributed by atoms with Crippen LogP contribution in [0, 0.1) is 5.92 Å². The van der Waals surface area contributed by atoms with Crippen LogP contribution in [0.2, 0.25) is 0 Å². The number of aromatic nitrogens is 3. The molecule has 1 N–H and O–H groups in total. The van der Waals surface area contributed by atoms with Gasteiger partial charge in [0.1, 0.15) is 0 Å². The van der Waals surface area contributed by atoms with Gasteiger partial charge in [-0.1, -0.05) is 38.3 Å². The Morgan fingerprint density at radius 1 is 1.42 bits per heavy atom. The summed E-state index contributed by atoms with van der Waals surface area (Å²) in [5.41, 5.74) is 0. The summed E-state index contributed by atoms with van der Waals surface area (Å²) in [4.78, 5) is 0. The van der Waals surface area contributed by atoms with Crippen molar-refractivity contribution < 1.29 is 8.42 Å². The number of halogens is 1. The predicted molar refractivity (Wildman–Crippen MR) is 77.2 cm³/mol. The van der Waals surface area contributed by atoms with Gasteiger partial charge in [-0.25, -0.2) is 17.8 Å². The molecule has 0 fully saturated rings. The molecule has 8 heteroatoms. The molecule has 6 nitrogen and oxygen atoms in total. The first kappa shape index (κ1) is 16.6. The minimum Gasteiger partial charge on any atom is -0.235 e. The fourth-order valence-electron chi connectivity index (χ4n) is 1.85. The van der Waals surface area contributed by atoms with Gasteiger partial charge in [-0.2, -0.15) is 0 Å². The van der Waals surface area contributed by atoms with E-state index in [1.54, 1.807) is 7.05 Å². The lowest BCUT2D eigenvalue weighted by molar-refractivity contribution is 0.442. The lowest BCUT2D eigenvalue weighted by Crippen LogP contribution is -2.30. The third kappa shape index (κ3) is 4.54. The molecule has 0 radical (unpaired) electrons. The molecule has 1 heterocycles. The van der Waals surface area contributed by atoms with Crippen molar-refractivity contribution in [1.82, 2.24) is 19.7 Å². The van der Waals surface area contributed by atoms with Gasteiger partial charge in [0, 0.05) is 13.6 Å². The van der Waals surface area contributed by atoms with Gasteiger partial charge in [-0.05, 0) is 28.3 Å². The van der Waals surface area contributed by atoms with Gasteiger partial charge in [0.2, 0.25) is 5.03 Å². The molecule has 0 aromatic carbocycles. The Kier molecular flexibility index (Phi) is 6.41. The van der Waals surface area contributed by atoms with Crippen molar-refractivity contribution in [3.8, 4) is 0 Å². The van der Waals surface area contributed by atoms with Crippen LogP contribution >= 0.6 is 15.9 Å². The Labute approximate surface area is 123 Å². The van der Waals surface area contributed by atoms with Crippen LogP contribution < -0.4 is 4.72 Å². The molecule has 0 aliphatic heterocycles. The summed E-state index contributed by atoms with van der Waals surface area (Å²) >= 11 is 3.11. The van der Waals surface area contributed by atoms with Crippen molar-refractivity contribution in [2.24, 2.45) is 13.0 Å². The van der Waals surface area contributed by atoms with Gasteiger partial charge in [0.25, 0.3) is 10.0 Å². The van der Waals surface area contributed by atoms with Gasteiger partial charge >= 0.3 is 0 Å². The molecule has 0 spiro atoms. The summed E-state index contributed by atoms with van der Waals surface area (Å²) in [7, 11) is -2.01. The topological polar surface area (TPSA) is 76.9 Å². The van der Waals surface area contributed by atoms with E-state index in [9.17, 15) is 8.42 Å². The van der Waals surface area contributed by atoms with Gasteiger partial charge in [-0.3, -0.25) is 0 Å². The third-order valence-electron chi connectivity index (χ3n) is 3.10. The van der Waals surface area contributed by atoms with E-state index in [1.807, 2.05) is 0 Å². The monoisotopic (exact) mass is 352 g/mol. The van der Waals surface area contributed by atoms with Crippen molar-refractivity contribution in [3.05, 3.63) is 4.60 Å². The number of nitrogens with one attached hydrogen (secondary N) is 1. The third-order valence-corrected chi connectivity index (χ3v) is 5.41. The molecule has 0 saturated carbocycles. The molecule has 0 bridgehead atoms. The maximum atomic E-state index is 12.2. The highest BCUT2D eigenvalue weighted by molar-refractivity contribution is 9.10. The number of aryl methyl sites for hydroxylation is 1. The molecule has 0 amide bonds. The molecule has 0 aliphatic rings. The fraction of sp³-hybridized carbons (Fsp3) is 0.818. The average Bonchev–Trinajstić information content (AvgIpc) is 2.70. The molecule has 1 atom stereocenters. The van der Waals surface area contributed by atoms with E-state index in [2.05, 4.69) is 44.8 Å². The predicted octanol–water partition coefficient (Wildman–Crippen LogP) is 2.07. The van der Waals surface area contributed by atoms with Crippen LogP contribution in [0.25, 0.3) is 0 Å². The maximum absolute atomic E-state index is 12.2. The highest BCUT2D eigenvalue weighted by atomic mass is 79.9. The second-order valence-electron chi connectivity index (χ2n) is 4.58. The minimum absolute atomic E-state index is 0.0674. The smallest absolute Gasteiger partial charge is 0.235 e. The van der Waals surface area contributed by atoms with E-state index >= 15 is 0 Å². The van der Waals surface area contributed by atoms with Crippen LogP contribution in [0.3, 0.4) is 0 Å². The summed E-state index contributed by atoms with van der Waals surface area (Å²) in [6.45, 7) is 4.67. The van der Waals surface area contributed by atoms with Crippen LogP contribution in [-0.4, -0.2) is 30.0 Å². The highest BCUT2D eigenvalue weighted by Crippen LogP contribution is 2.18. The summed E-state index contributed by atoms with van der Waals surface area (Å²) in [6.07, 6.45) is 4.26. The quantitative estimate of drug-likeness (QED) is 0.776. The van der Waals surface area contributed by atoms with Crippen molar-refractivity contribution in [2.75, 3.05) is 6.54 Å². The number of sulfonamides is 1. The van der Waals surface area contributed by atoms with Crippen LogP contribution in [0.5, 0.6) is 0 Å². The molecule has 0 saturated heterocycles. The minimum atomic E-state index is -3.57. The number of nitrogens with zero attached hydrogens (tertiary/aromatic N) is 3. The van der Waals surface area contributed by atoms with Crippen molar-refractivity contribution >= 4 is 26.0 Å². The van der Waals surface area contributed by atoms with E-state index in [1.165, 1.54) is 4.68 Å². The first-order chi connectivity index (χ1) is 8.92. The van der Waals surface area contributed by atoms with E-state index < -0.39 is 10.0 Å². The molecule has 19 heavy (non-hydrogen) atoms. The van der Waals surface area contributed by atoms with E-state index in [4.69, 9.17) is 0 Å². The second-order valence-corrected chi connectivity index (χ2v) is 7.01. The van der Waals surface area contributed by atoms with Gasteiger partial charge in [-0.15, -0.1) is 5.10 Å². The number of hydrogen-bond acceptors (Lipinski definition) is 4. The summed E-state index contributed by atoms with van der Waals surface area (Å²) in [6, 6.07) is 0. The van der Waals surface area contributed by atoms with Crippen LogP contribution in [0.4, 0.5) is 0 Å². The number of hydrogen-bond donors (Lipinski definition) is 1. The Hall–Kier alpha value is -0.470. The van der Waals surface area contributed by atoms with Crippen LogP contribution in [0.15, 0.2) is 9.63 Å². The van der Waals surface area contributed by atoms with Crippen molar-refractivity contribution in [2.45, 2.75) is 44.6 Å². The zero-order chi connectivity index (χ0) is 14.5. The normalized spacial score (nSPS) is 13.7. The van der Waals surface area contributed by atoms with Gasteiger partial charge in [0.05, 0.1) is 0 Å². The molecule has 0 aliphatic carbocycles. The van der Waals surface area contributed by atoms with Crippen LogP contribution in [0.1, 0.15) is 39.5 Å². The van der Waals surface area contributed by atoms with E-state index in [0.717, 1.165) is 25.7 Å². The summed E-state index contributed by atoms with van der Waals surface area (Å²) in [5, 5.41) is 7.44. The standard InChI is InChI=1S/C11H21BrN4O2S/c1-4-6-7-9(5-2)8-13-19(17,18)11-10(12)14-15-16(11)3/h9,13H,4-8H2,1-3H3. The Bertz CT molecular complexity index is 481. The molecule has 110 valence electrons. The lowest BCUT2D eigenvalue weighted by Gasteiger charge is -2.15. The van der Waals surface area contributed by atoms with Gasteiger partial charge in [0.15, 0.2) is 4.60 Å². The van der Waals surface area contributed by atoms with Gasteiger partial charge < -0.3 is 0 Å². The molecule has 1 unspecified atom stereocenters. The average molecular weight is 353 g/mol. The van der Waals surface area contributed by atoms with E-state index in [-0.39, 0.29) is 9.63 Å². The van der Waals surface area contributed by atoms with Crippen molar-refractivity contribution in [3.63, 3.8) is 0 Å². The molecule has 1 aromatic rings. The first-order valence-electron chi connectivity index (χ1n) is 6.47. The second kappa shape index (κ2) is 7.35. The summed E-state index contributed by atoms with van der Waals surface area (Å²) in [5.74, 6) is 0.370. The fourth-order valence-corrected chi connectivity index (χ4v) is 4.05. The zero-order valence-electron chi connectivity index (χ0n) is 11.6.